The first kappa shape index (κ1) is 25.8. The predicted molar refractivity (Wildman–Crippen MR) is 114 cm³/mol. The van der Waals surface area contributed by atoms with Crippen molar-refractivity contribution in [3.8, 4) is 11.5 Å². The number of aromatic nitrogens is 2. The molecule has 0 radical (unpaired) electrons. The fraction of sp³-hybridized carbons (Fsp3) is 0.524. The largest absolute Gasteiger partial charge is 0.444 e. The van der Waals surface area contributed by atoms with Gasteiger partial charge in [0.2, 0.25) is 5.89 Å². The number of halogens is 4. The molecule has 186 valence electrons. The van der Waals surface area contributed by atoms with Crippen LogP contribution in [0.25, 0.3) is 11.5 Å². The maximum absolute atomic E-state index is 13.0. The lowest BCUT2D eigenvalue weighted by Crippen LogP contribution is -2.43. The minimum absolute atomic E-state index is 0.0465. The molecule has 2 aromatic rings. The van der Waals surface area contributed by atoms with Crippen molar-refractivity contribution in [3.63, 3.8) is 0 Å². The van der Waals surface area contributed by atoms with Crippen molar-refractivity contribution in [1.82, 2.24) is 20.4 Å². The third-order valence-corrected chi connectivity index (χ3v) is 5.21. The normalized spacial score (nSPS) is 18.8. The lowest BCUT2D eigenvalue weighted by Gasteiger charge is -2.28. The van der Waals surface area contributed by atoms with Crippen LogP contribution in [0.3, 0.4) is 0 Å². The Hall–Kier alpha value is -2.86. The molecule has 1 aromatic heterocycles. The van der Waals surface area contributed by atoms with Gasteiger partial charge in [0.05, 0.1) is 28.8 Å². The van der Waals surface area contributed by atoms with Crippen LogP contribution in [-0.2, 0) is 15.7 Å². The van der Waals surface area contributed by atoms with Gasteiger partial charge in [-0.05, 0) is 45.4 Å². The minimum atomic E-state index is -4.60. The van der Waals surface area contributed by atoms with Crippen molar-refractivity contribution in [2.75, 3.05) is 20.3 Å². The predicted octanol–water partition coefficient (Wildman–Crippen LogP) is 4.16. The van der Waals surface area contributed by atoms with Crippen LogP contribution in [0.5, 0.6) is 0 Å². The van der Waals surface area contributed by atoms with Crippen molar-refractivity contribution in [2.24, 2.45) is 0 Å². The lowest BCUT2D eigenvalue weighted by atomic mass is 10.1. The summed E-state index contributed by atoms with van der Waals surface area (Å²) in [4.78, 5) is 26.7. The summed E-state index contributed by atoms with van der Waals surface area (Å²) in [5.41, 5.74) is -1.80. The van der Waals surface area contributed by atoms with E-state index in [4.69, 9.17) is 25.5 Å². The van der Waals surface area contributed by atoms with Crippen LogP contribution in [0.2, 0.25) is 5.02 Å². The molecule has 9 nitrogen and oxygen atoms in total. The number of nitrogens with zero attached hydrogens (tertiary/aromatic N) is 3. The van der Waals surface area contributed by atoms with E-state index in [2.05, 4.69) is 15.5 Å². The highest BCUT2D eigenvalue weighted by atomic mass is 35.5. The molecule has 1 N–H and O–H groups in total. The molecule has 2 atom stereocenters. The quantitative estimate of drug-likeness (QED) is 0.651. The van der Waals surface area contributed by atoms with Crippen LogP contribution in [0, 0.1) is 0 Å². The smallest absolute Gasteiger partial charge is 0.416 e. The van der Waals surface area contributed by atoms with Crippen LogP contribution in [-0.4, -0.2) is 65.0 Å². The Bertz CT molecular complexity index is 1050. The molecule has 1 aromatic carbocycles. The SMILES string of the molecule is COC[C@@H]1C[C@@H](NC(=O)c2nnc(-c3cc(C(F)(F)F)ccc3Cl)o2)CN1C(=O)OC(C)(C)C. The number of likely N-dealkylation sites (tertiary alicyclic amines) is 1. The van der Waals surface area contributed by atoms with E-state index in [1.807, 2.05) is 0 Å². The molecule has 0 bridgehead atoms. The van der Waals surface area contributed by atoms with Crippen LogP contribution < -0.4 is 5.32 Å². The average molecular weight is 505 g/mol. The summed E-state index contributed by atoms with van der Waals surface area (Å²) >= 11 is 5.99. The zero-order valence-electron chi connectivity index (χ0n) is 18.9. The number of methoxy groups -OCH3 is 1. The van der Waals surface area contributed by atoms with Gasteiger partial charge in [-0.25, -0.2) is 4.79 Å². The molecule has 0 unspecified atom stereocenters. The lowest BCUT2D eigenvalue weighted by molar-refractivity contribution is -0.137. The van der Waals surface area contributed by atoms with Gasteiger partial charge in [-0.2, -0.15) is 13.2 Å². The maximum atomic E-state index is 13.0. The molecule has 0 spiro atoms. The monoisotopic (exact) mass is 504 g/mol. The second-order valence-electron chi connectivity index (χ2n) is 8.75. The van der Waals surface area contributed by atoms with Gasteiger partial charge in [-0.15, -0.1) is 10.2 Å². The Labute approximate surface area is 198 Å². The number of amides is 2. The van der Waals surface area contributed by atoms with Crippen molar-refractivity contribution < 1.29 is 36.7 Å². The molecule has 0 saturated carbocycles. The number of hydrogen-bond donors (Lipinski definition) is 1. The highest BCUT2D eigenvalue weighted by molar-refractivity contribution is 6.33. The summed E-state index contributed by atoms with van der Waals surface area (Å²) in [7, 11) is 1.50. The van der Waals surface area contributed by atoms with Gasteiger partial charge in [0.15, 0.2) is 0 Å². The molecule has 3 rings (SSSR count). The van der Waals surface area contributed by atoms with E-state index in [0.717, 1.165) is 18.2 Å². The van der Waals surface area contributed by atoms with E-state index in [1.165, 1.54) is 12.0 Å². The molecule has 2 heterocycles. The van der Waals surface area contributed by atoms with Crippen LogP contribution in [0.15, 0.2) is 22.6 Å². The fourth-order valence-electron chi connectivity index (χ4n) is 3.45. The second-order valence-corrected chi connectivity index (χ2v) is 9.16. The summed E-state index contributed by atoms with van der Waals surface area (Å²) in [5, 5.41) is 9.93. The Morgan fingerprint density at radius 3 is 2.59 bits per heavy atom. The van der Waals surface area contributed by atoms with Gasteiger partial charge >= 0.3 is 24.1 Å². The molecule has 1 aliphatic rings. The summed E-state index contributed by atoms with van der Waals surface area (Å²) in [5.74, 6) is -1.53. The van der Waals surface area contributed by atoms with E-state index < -0.39 is 41.3 Å². The van der Waals surface area contributed by atoms with Crippen LogP contribution >= 0.6 is 11.6 Å². The van der Waals surface area contributed by atoms with Crippen molar-refractivity contribution >= 4 is 23.6 Å². The number of carbonyl (C=O) groups excluding carboxylic acids is 2. The van der Waals surface area contributed by atoms with E-state index in [1.54, 1.807) is 20.8 Å². The number of hydrogen-bond acceptors (Lipinski definition) is 7. The highest BCUT2D eigenvalue weighted by Gasteiger charge is 2.39. The van der Waals surface area contributed by atoms with Gasteiger partial charge < -0.3 is 24.1 Å². The first-order valence-electron chi connectivity index (χ1n) is 10.3. The molecule has 1 saturated heterocycles. The molecule has 1 fully saturated rings. The topological polar surface area (TPSA) is 107 Å². The molecular weight excluding hydrogens is 481 g/mol. The van der Waals surface area contributed by atoms with Gasteiger partial charge in [-0.1, -0.05) is 11.6 Å². The third kappa shape index (κ3) is 6.17. The summed E-state index contributed by atoms with van der Waals surface area (Å²) in [6.45, 7) is 5.64. The van der Waals surface area contributed by atoms with E-state index >= 15 is 0 Å². The number of rotatable bonds is 5. The number of benzene rings is 1. The van der Waals surface area contributed by atoms with Crippen molar-refractivity contribution in [3.05, 3.63) is 34.7 Å². The first-order chi connectivity index (χ1) is 15.8. The summed E-state index contributed by atoms with van der Waals surface area (Å²) in [6.07, 6.45) is -4.74. The Kier molecular flexibility index (Phi) is 7.41. The zero-order valence-corrected chi connectivity index (χ0v) is 19.7. The van der Waals surface area contributed by atoms with Gasteiger partial charge in [0, 0.05) is 19.7 Å². The third-order valence-electron chi connectivity index (χ3n) is 4.88. The Morgan fingerprint density at radius 2 is 1.97 bits per heavy atom. The first-order valence-corrected chi connectivity index (χ1v) is 10.7. The fourth-order valence-corrected chi connectivity index (χ4v) is 3.65. The average Bonchev–Trinajstić information content (AvgIpc) is 3.34. The van der Waals surface area contributed by atoms with Crippen LogP contribution in [0.1, 0.15) is 43.4 Å². The van der Waals surface area contributed by atoms with Gasteiger partial charge in [0.25, 0.3) is 0 Å². The van der Waals surface area contributed by atoms with E-state index in [9.17, 15) is 22.8 Å². The Balaban J connectivity index is 1.72. The molecular formula is C21H24ClF3N4O5. The number of carbonyl (C=O) groups is 2. The molecule has 0 aliphatic carbocycles. The number of nitrogens with one attached hydrogen (secondary N) is 1. The summed E-state index contributed by atoms with van der Waals surface area (Å²) < 4.78 is 54.9. The van der Waals surface area contributed by atoms with Crippen molar-refractivity contribution in [2.45, 2.75) is 51.1 Å². The van der Waals surface area contributed by atoms with Crippen LogP contribution in [0.4, 0.5) is 18.0 Å². The minimum Gasteiger partial charge on any atom is -0.444 e. The second kappa shape index (κ2) is 9.79. The van der Waals surface area contributed by atoms with Gasteiger partial charge in [-0.3, -0.25) is 4.79 Å². The summed E-state index contributed by atoms with van der Waals surface area (Å²) in [6, 6.07) is 1.86. The standard InChI is InChI=1S/C21H24ClF3N4O5/c1-20(2,3)34-19(31)29-9-12(8-13(29)10-32-4)26-16(30)18-28-27-17(33-18)14-7-11(21(23,24)25)5-6-15(14)22/h5-7,12-13H,8-10H2,1-4H3,(H,26,30)/t12-,13+/m1/s1. The van der Waals surface area contributed by atoms with Gasteiger partial charge in [0.1, 0.15) is 5.60 Å². The number of ether oxygens (including phenoxy) is 2. The van der Waals surface area contributed by atoms with E-state index in [0.29, 0.717) is 6.42 Å². The molecule has 34 heavy (non-hydrogen) atoms. The van der Waals surface area contributed by atoms with Crippen molar-refractivity contribution in [1.29, 1.82) is 0 Å². The number of alkyl halides is 3. The molecule has 1 aliphatic heterocycles. The van der Waals surface area contributed by atoms with E-state index in [-0.39, 0.29) is 35.7 Å². The molecule has 13 heteroatoms. The zero-order chi connectivity index (χ0) is 25.3. The maximum Gasteiger partial charge on any atom is 0.416 e. The Morgan fingerprint density at radius 1 is 1.26 bits per heavy atom. The molecule has 2 amide bonds. The highest BCUT2D eigenvalue weighted by Crippen LogP contribution is 2.35.